The number of benzene rings is 3. The van der Waals surface area contributed by atoms with Gasteiger partial charge < -0.3 is 19.1 Å². The van der Waals surface area contributed by atoms with Gasteiger partial charge in [0.1, 0.15) is 0 Å². The van der Waals surface area contributed by atoms with Gasteiger partial charge >= 0.3 is 5.97 Å². The molecule has 0 fully saturated rings. The van der Waals surface area contributed by atoms with Crippen LogP contribution in [0.5, 0.6) is 11.5 Å². The van der Waals surface area contributed by atoms with Crippen molar-refractivity contribution in [3.63, 3.8) is 0 Å². The summed E-state index contributed by atoms with van der Waals surface area (Å²) >= 11 is 0. The number of hydrogen-bond acceptors (Lipinski definition) is 7. The second-order valence-corrected chi connectivity index (χ2v) is 9.92. The number of rotatable bonds is 7. The monoisotopic (exact) mass is 522 g/mol. The van der Waals surface area contributed by atoms with E-state index in [1.54, 1.807) is 38.5 Å². The van der Waals surface area contributed by atoms with E-state index < -0.39 is 5.97 Å². The second-order valence-electron chi connectivity index (χ2n) is 9.92. The van der Waals surface area contributed by atoms with Crippen LogP contribution in [0, 0.1) is 0 Å². The van der Waals surface area contributed by atoms with E-state index in [1.165, 1.54) is 0 Å². The maximum Gasteiger partial charge on any atom is 0.339 e. The molecule has 0 bridgehead atoms. The van der Waals surface area contributed by atoms with Gasteiger partial charge in [0.05, 0.1) is 31.0 Å². The van der Waals surface area contributed by atoms with Crippen molar-refractivity contribution in [1.82, 2.24) is 4.98 Å². The number of carbonyl (C=O) groups is 2. The zero-order valence-electron chi connectivity index (χ0n) is 22.6. The Morgan fingerprint density at radius 1 is 0.923 bits per heavy atom. The number of carbonyl (C=O) groups excluding carboxylic acids is 2. The molecule has 0 spiro atoms. The van der Waals surface area contributed by atoms with Crippen molar-refractivity contribution >= 4 is 28.3 Å². The van der Waals surface area contributed by atoms with E-state index in [0.717, 1.165) is 22.5 Å². The number of likely N-dealkylation sites (N-methyl/N-ethyl adjacent to an activating group) is 1. The van der Waals surface area contributed by atoms with Crippen LogP contribution in [0.1, 0.15) is 29.8 Å². The number of allylic oxidation sites excluding steroid dienone is 1. The maximum absolute atomic E-state index is 13.3. The van der Waals surface area contributed by atoms with Gasteiger partial charge in [-0.05, 0) is 42.0 Å². The van der Waals surface area contributed by atoms with Gasteiger partial charge in [-0.15, -0.1) is 0 Å². The fourth-order valence-electron chi connectivity index (χ4n) is 5.16. The number of ether oxygens (including phenoxy) is 3. The fraction of sp³-hybridized carbons (Fsp3) is 0.219. The summed E-state index contributed by atoms with van der Waals surface area (Å²) in [7, 11) is 5.08. The molecule has 39 heavy (non-hydrogen) atoms. The average Bonchev–Trinajstić information content (AvgIpc) is 3.15. The van der Waals surface area contributed by atoms with Gasteiger partial charge in [0.2, 0.25) is 0 Å². The number of nitrogens with zero attached hydrogens (tertiary/aromatic N) is 2. The van der Waals surface area contributed by atoms with Crippen molar-refractivity contribution in [1.29, 1.82) is 0 Å². The van der Waals surface area contributed by atoms with E-state index in [2.05, 4.69) is 19.9 Å². The van der Waals surface area contributed by atoms with Gasteiger partial charge in [0.25, 0.3) is 0 Å². The number of esters is 1. The lowest BCUT2D eigenvalue weighted by molar-refractivity contribution is -0.117. The van der Waals surface area contributed by atoms with Crippen LogP contribution in [-0.4, -0.2) is 44.6 Å². The lowest BCUT2D eigenvalue weighted by Gasteiger charge is -2.23. The van der Waals surface area contributed by atoms with Crippen molar-refractivity contribution in [3.8, 4) is 22.8 Å². The summed E-state index contributed by atoms with van der Waals surface area (Å²) < 4.78 is 16.3. The summed E-state index contributed by atoms with van der Waals surface area (Å²) in [5.74, 6) is 0.261. The highest BCUT2D eigenvalue weighted by Gasteiger charge is 2.38. The van der Waals surface area contributed by atoms with E-state index in [4.69, 9.17) is 19.2 Å². The zero-order valence-corrected chi connectivity index (χ0v) is 22.6. The maximum atomic E-state index is 13.3. The number of ketones is 1. The third-order valence-corrected chi connectivity index (χ3v) is 7.20. The summed E-state index contributed by atoms with van der Waals surface area (Å²) in [6, 6.07) is 22.5. The first-order valence-corrected chi connectivity index (χ1v) is 12.6. The topological polar surface area (TPSA) is 78.0 Å². The Bertz CT molecular complexity index is 1620. The van der Waals surface area contributed by atoms with Crippen LogP contribution < -0.4 is 14.4 Å². The molecule has 2 heterocycles. The zero-order chi connectivity index (χ0) is 27.7. The first-order valence-electron chi connectivity index (χ1n) is 12.6. The lowest BCUT2D eigenvalue weighted by atomic mass is 9.83. The van der Waals surface area contributed by atoms with E-state index in [1.807, 2.05) is 60.5 Å². The van der Waals surface area contributed by atoms with Gasteiger partial charge in [0, 0.05) is 40.9 Å². The molecule has 7 nitrogen and oxygen atoms in total. The van der Waals surface area contributed by atoms with Gasteiger partial charge in [-0.1, -0.05) is 50.2 Å². The van der Waals surface area contributed by atoms with Crippen molar-refractivity contribution in [3.05, 3.63) is 95.7 Å². The molecule has 3 aromatic carbocycles. The molecular formula is C32H30N2O5. The summed E-state index contributed by atoms with van der Waals surface area (Å²) in [4.78, 5) is 33.0. The highest BCUT2D eigenvalue weighted by atomic mass is 16.5. The summed E-state index contributed by atoms with van der Waals surface area (Å²) in [6.45, 7) is 3.80. The van der Waals surface area contributed by atoms with Crippen LogP contribution in [-0.2, 0) is 14.9 Å². The van der Waals surface area contributed by atoms with Crippen molar-refractivity contribution in [2.24, 2.45) is 0 Å². The van der Waals surface area contributed by atoms with Crippen molar-refractivity contribution in [2.75, 3.05) is 32.8 Å². The molecule has 0 atom stereocenters. The van der Waals surface area contributed by atoms with Gasteiger partial charge in [-0.25, -0.2) is 9.78 Å². The quantitative estimate of drug-likeness (QED) is 0.219. The molecule has 1 aromatic heterocycles. The number of para-hydroxylation sites is 2. The number of pyridine rings is 1. The van der Waals surface area contributed by atoms with Crippen LogP contribution in [0.2, 0.25) is 0 Å². The minimum Gasteiger partial charge on any atom is -0.493 e. The molecule has 0 saturated carbocycles. The molecule has 1 aliphatic heterocycles. The van der Waals surface area contributed by atoms with Crippen molar-refractivity contribution < 1.29 is 23.8 Å². The molecule has 0 aliphatic carbocycles. The summed E-state index contributed by atoms with van der Waals surface area (Å²) in [5.41, 5.74) is 5.00. The Balaban J connectivity index is 1.41. The number of hydrogen-bond donors (Lipinski definition) is 0. The first kappa shape index (κ1) is 26.0. The summed E-state index contributed by atoms with van der Waals surface area (Å²) in [6.07, 6.45) is 1.58. The van der Waals surface area contributed by atoms with Crippen molar-refractivity contribution in [2.45, 2.75) is 19.3 Å². The van der Waals surface area contributed by atoms with E-state index in [-0.39, 0.29) is 17.8 Å². The largest absolute Gasteiger partial charge is 0.493 e. The number of anilines is 1. The second kappa shape index (κ2) is 10.3. The molecule has 0 unspecified atom stereocenters. The number of aromatic nitrogens is 1. The van der Waals surface area contributed by atoms with Gasteiger partial charge in [-0.3, -0.25) is 4.79 Å². The molecular weight excluding hydrogens is 492 g/mol. The lowest BCUT2D eigenvalue weighted by Crippen LogP contribution is -2.25. The Morgan fingerprint density at radius 2 is 1.64 bits per heavy atom. The summed E-state index contributed by atoms with van der Waals surface area (Å²) in [5, 5.41) is 0.643. The van der Waals surface area contributed by atoms with Crippen LogP contribution in [0.25, 0.3) is 22.2 Å². The highest BCUT2D eigenvalue weighted by molar-refractivity contribution is 6.05. The smallest absolute Gasteiger partial charge is 0.339 e. The molecule has 0 saturated heterocycles. The Kier molecular flexibility index (Phi) is 6.83. The number of fused-ring (bicyclic) bond motifs is 2. The normalized spacial score (nSPS) is 14.8. The van der Waals surface area contributed by atoms with Gasteiger partial charge in [0.15, 0.2) is 23.9 Å². The van der Waals surface area contributed by atoms with Crippen LogP contribution >= 0.6 is 0 Å². The molecule has 1 aliphatic rings. The Morgan fingerprint density at radius 3 is 2.38 bits per heavy atom. The van der Waals surface area contributed by atoms with E-state index in [0.29, 0.717) is 33.7 Å². The third-order valence-electron chi connectivity index (χ3n) is 7.20. The minimum atomic E-state index is -0.593. The van der Waals surface area contributed by atoms with E-state index >= 15 is 0 Å². The third kappa shape index (κ3) is 4.72. The molecule has 0 amide bonds. The molecule has 0 radical (unpaired) electrons. The predicted octanol–water partition coefficient (Wildman–Crippen LogP) is 5.96. The van der Waals surface area contributed by atoms with E-state index in [9.17, 15) is 9.59 Å². The van der Waals surface area contributed by atoms with Crippen LogP contribution in [0.3, 0.4) is 0 Å². The first-order chi connectivity index (χ1) is 18.7. The van der Waals surface area contributed by atoms with Gasteiger partial charge in [-0.2, -0.15) is 0 Å². The number of methoxy groups -OCH3 is 2. The minimum absolute atomic E-state index is 0.287. The predicted molar refractivity (Wildman–Crippen MR) is 152 cm³/mol. The Hall–Kier alpha value is -4.65. The molecule has 5 rings (SSSR count). The SMILES string of the molecule is COc1ccc(-c2cc(C(=O)OCC(=O)C=C3N(C)c4ccccc4C3(C)C)c3ccccc3n2)cc1OC. The van der Waals surface area contributed by atoms with Crippen LogP contribution in [0.15, 0.2) is 84.6 Å². The molecule has 7 heteroatoms. The van der Waals surface area contributed by atoms with Crippen LogP contribution in [0.4, 0.5) is 5.69 Å². The fourth-order valence-corrected chi connectivity index (χ4v) is 5.16. The Labute approximate surface area is 227 Å². The standard InChI is InChI=1S/C32H30N2O5/c1-32(2)24-11-7-9-13-27(24)34(3)30(32)17-21(35)19-39-31(36)23-18-26(33-25-12-8-6-10-22(23)25)20-14-15-28(37-4)29(16-20)38-5/h6-18H,19H2,1-5H3. The molecule has 0 N–H and O–H groups in total. The molecule has 198 valence electrons. The average molecular weight is 523 g/mol. The molecule has 4 aromatic rings. The highest BCUT2D eigenvalue weighted by Crippen LogP contribution is 2.46.